The molecule has 1 aromatic rings. The predicted octanol–water partition coefficient (Wildman–Crippen LogP) is 2.75. The Kier molecular flexibility index (Phi) is 7.21. The van der Waals surface area contributed by atoms with Crippen molar-refractivity contribution < 1.29 is 9.59 Å². The number of nitrogens with zero attached hydrogens (tertiary/aromatic N) is 2. The van der Waals surface area contributed by atoms with E-state index in [1.807, 2.05) is 55.1 Å². The number of benzene rings is 1. The number of hydrogen-bond acceptors (Lipinski definition) is 3. The average Bonchev–Trinajstić information content (AvgIpc) is 2.56. The third kappa shape index (κ3) is 5.56. The number of aryl methyl sites for hydroxylation is 1. The Hall–Kier alpha value is -1.88. The normalized spacial score (nSPS) is 16.8. The zero-order valence-electron chi connectivity index (χ0n) is 16.8. The van der Waals surface area contributed by atoms with Crippen molar-refractivity contribution in [3.63, 3.8) is 0 Å². The molecule has 5 heteroatoms. The summed E-state index contributed by atoms with van der Waals surface area (Å²) in [7, 11) is 3.86. The van der Waals surface area contributed by atoms with E-state index in [1.54, 1.807) is 0 Å². The fraction of sp³-hybridized carbons (Fsp3) is 0.619. The maximum absolute atomic E-state index is 12.9. The molecular weight excluding hydrogens is 326 g/mol. The zero-order chi connectivity index (χ0) is 19.3. The first-order valence-corrected chi connectivity index (χ1v) is 9.59. The molecule has 144 valence electrons. The lowest BCUT2D eigenvalue weighted by molar-refractivity contribution is -0.133. The van der Waals surface area contributed by atoms with Crippen molar-refractivity contribution in [3.05, 3.63) is 35.4 Å². The highest BCUT2D eigenvalue weighted by Gasteiger charge is 2.28. The average molecular weight is 360 g/mol. The molecule has 1 aromatic carbocycles. The van der Waals surface area contributed by atoms with Gasteiger partial charge in [0.25, 0.3) is 0 Å². The summed E-state index contributed by atoms with van der Waals surface area (Å²) in [6, 6.07) is 7.96. The van der Waals surface area contributed by atoms with Gasteiger partial charge in [-0.05, 0) is 45.3 Å². The van der Waals surface area contributed by atoms with Gasteiger partial charge in [-0.2, -0.15) is 0 Å². The second kappa shape index (κ2) is 9.17. The van der Waals surface area contributed by atoms with Crippen molar-refractivity contribution in [1.29, 1.82) is 0 Å². The summed E-state index contributed by atoms with van der Waals surface area (Å²) >= 11 is 0. The highest BCUT2D eigenvalue weighted by molar-refractivity contribution is 5.83. The van der Waals surface area contributed by atoms with E-state index < -0.39 is 0 Å². The SMILES string of the molecule is Cc1ccc(C(C(=O)NC2CCN(C(=O)CC(C)C)CC2)N(C)C)cc1. The summed E-state index contributed by atoms with van der Waals surface area (Å²) in [6.45, 7) is 7.64. The molecule has 0 spiro atoms. The third-order valence-corrected chi connectivity index (χ3v) is 4.93. The first kappa shape index (κ1) is 20.4. The number of amides is 2. The number of likely N-dealkylation sites (tertiary alicyclic amines) is 1. The fourth-order valence-corrected chi connectivity index (χ4v) is 3.46. The van der Waals surface area contributed by atoms with Gasteiger partial charge in [0.15, 0.2) is 0 Å². The number of nitrogens with one attached hydrogen (secondary N) is 1. The first-order valence-electron chi connectivity index (χ1n) is 9.59. The van der Waals surface area contributed by atoms with Crippen LogP contribution in [0.3, 0.4) is 0 Å². The van der Waals surface area contributed by atoms with Crippen molar-refractivity contribution in [1.82, 2.24) is 15.1 Å². The number of hydrogen-bond donors (Lipinski definition) is 1. The van der Waals surface area contributed by atoms with E-state index in [2.05, 4.69) is 19.2 Å². The van der Waals surface area contributed by atoms with Crippen molar-refractivity contribution in [2.45, 2.75) is 52.1 Å². The van der Waals surface area contributed by atoms with Crippen LogP contribution < -0.4 is 5.32 Å². The Labute approximate surface area is 157 Å². The number of piperidine rings is 1. The predicted molar refractivity (Wildman–Crippen MR) is 105 cm³/mol. The number of carbonyl (C=O) groups is 2. The minimum atomic E-state index is -0.295. The lowest BCUT2D eigenvalue weighted by Gasteiger charge is -2.34. The van der Waals surface area contributed by atoms with Gasteiger partial charge in [0.05, 0.1) is 0 Å². The Balaban J connectivity index is 1.92. The molecule has 1 fully saturated rings. The molecule has 0 radical (unpaired) electrons. The molecule has 1 aliphatic heterocycles. The van der Waals surface area contributed by atoms with Gasteiger partial charge in [-0.1, -0.05) is 43.7 Å². The summed E-state index contributed by atoms with van der Waals surface area (Å²) in [5.41, 5.74) is 2.19. The van der Waals surface area contributed by atoms with E-state index in [0.717, 1.165) is 31.5 Å². The summed E-state index contributed by atoms with van der Waals surface area (Å²) in [4.78, 5) is 28.9. The molecule has 1 N–H and O–H groups in total. The number of rotatable bonds is 6. The van der Waals surface area contributed by atoms with E-state index >= 15 is 0 Å². The van der Waals surface area contributed by atoms with E-state index in [4.69, 9.17) is 0 Å². The summed E-state index contributed by atoms with van der Waals surface area (Å²) < 4.78 is 0. The van der Waals surface area contributed by atoms with Crippen molar-refractivity contribution >= 4 is 11.8 Å². The molecule has 0 bridgehead atoms. The van der Waals surface area contributed by atoms with Crippen LogP contribution >= 0.6 is 0 Å². The zero-order valence-corrected chi connectivity index (χ0v) is 16.8. The van der Waals surface area contributed by atoms with E-state index in [0.29, 0.717) is 12.3 Å². The van der Waals surface area contributed by atoms with Crippen LogP contribution in [0.1, 0.15) is 50.3 Å². The second-order valence-corrected chi connectivity index (χ2v) is 8.04. The van der Waals surface area contributed by atoms with Crippen molar-refractivity contribution in [2.24, 2.45) is 5.92 Å². The van der Waals surface area contributed by atoms with Gasteiger partial charge >= 0.3 is 0 Å². The van der Waals surface area contributed by atoms with Crippen LogP contribution in [0.15, 0.2) is 24.3 Å². The van der Waals surface area contributed by atoms with Crippen LogP contribution in [-0.4, -0.2) is 54.8 Å². The van der Waals surface area contributed by atoms with E-state index in [-0.39, 0.29) is 23.9 Å². The van der Waals surface area contributed by atoms with Gasteiger partial charge < -0.3 is 10.2 Å². The van der Waals surface area contributed by atoms with Crippen LogP contribution in [0.5, 0.6) is 0 Å². The van der Waals surface area contributed by atoms with Crippen LogP contribution in [0.2, 0.25) is 0 Å². The minimum Gasteiger partial charge on any atom is -0.352 e. The Morgan fingerprint density at radius 2 is 1.73 bits per heavy atom. The van der Waals surface area contributed by atoms with Gasteiger partial charge in [-0.3, -0.25) is 14.5 Å². The van der Waals surface area contributed by atoms with Gasteiger partial charge in [0, 0.05) is 25.6 Å². The molecular formula is C21H33N3O2. The van der Waals surface area contributed by atoms with Gasteiger partial charge in [-0.15, -0.1) is 0 Å². The number of carbonyl (C=O) groups excluding carboxylic acids is 2. The maximum atomic E-state index is 12.9. The molecule has 2 amide bonds. The molecule has 5 nitrogen and oxygen atoms in total. The molecule has 26 heavy (non-hydrogen) atoms. The van der Waals surface area contributed by atoms with Crippen LogP contribution in [-0.2, 0) is 9.59 Å². The Bertz CT molecular complexity index is 602. The van der Waals surface area contributed by atoms with Gasteiger partial charge in [0.1, 0.15) is 6.04 Å². The molecule has 1 heterocycles. The summed E-state index contributed by atoms with van der Waals surface area (Å²) in [6.07, 6.45) is 2.25. The smallest absolute Gasteiger partial charge is 0.242 e. The molecule has 1 atom stereocenters. The molecule has 0 aliphatic carbocycles. The number of likely N-dealkylation sites (N-methyl/N-ethyl adjacent to an activating group) is 1. The Morgan fingerprint density at radius 1 is 1.15 bits per heavy atom. The van der Waals surface area contributed by atoms with Crippen molar-refractivity contribution in [3.8, 4) is 0 Å². The summed E-state index contributed by atoms with van der Waals surface area (Å²) in [5.74, 6) is 0.650. The molecule has 2 rings (SSSR count). The van der Waals surface area contributed by atoms with E-state index in [1.165, 1.54) is 5.56 Å². The highest BCUT2D eigenvalue weighted by Crippen LogP contribution is 2.21. The monoisotopic (exact) mass is 359 g/mol. The third-order valence-electron chi connectivity index (χ3n) is 4.93. The fourth-order valence-electron chi connectivity index (χ4n) is 3.46. The molecule has 1 aliphatic rings. The lowest BCUT2D eigenvalue weighted by atomic mass is 10.0. The van der Waals surface area contributed by atoms with Crippen LogP contribution in [0.4, 0.5) is 0 Å². The molecule has 0 saturated carbocycles. The minimum absolute atomic E-state index is 0.0332. The van der Waals surface area contributed by atoms with Gasteiger partial charge in [0.2, 0.25) is 11.8 Å². The van der Waals surface area contributed by atoms with Crippen LogP contribution in [0, 0.1) is 12.8 Å². The summed E-state index contributed by atoms with van der Waals surface area (Å²) in [5, 5.41) is 3.20. The van der Waals surface area contributed by atoms with Gasteiger partial charge in [-0.25, -0.2) is 0 Å². The molecule has 0 aromatic heterocycles. The highest BCUT2D eigenvalue weighted by atomic mass is 16.2. The molecule has 1 unspecified atom stereocenters. The standard InChI is InChI=1S/C21H33N3O2/c1-15(2)14-19(25)24-12-10-18(11-13-24)22-21(26)20(23(4)5)17-8-6-16(3)7-9-17/h6-9,15,18,20H,10-14H2,1-5H3,(H,22,26). The topological polar surface area (TPSA) is 52.7 Å². The quantitative estimate of drug-likeness (QED) is 0.850. The van der Waals surface area contributed by atoms with Crippen molar-refractivity contribution in [2.75, 3.05) is 27.2 Å². The Morgan fingerprint density at radius 3 is 2.23 bits per heavy atom. The first-order chi connectivity index (χ1) is 12.3. The van der Waals surface area contributed by atoms with Crippen LogP contribution in [0.25, 0.3) is 0 Å². The van der Waals surface area contributed by atoms with E-state index in [9.17, 15) is 9.59 Å². The molecule has 1 saturated heterocycles. The second-order valence-electron chi connectivity index (χ2n) is 8.04. The lowest BCUT2D eigenvalue weighted by Crippen LogP contribution is -2.49. The maximum Gasteiger partial charge on any atom is 0.242 e. The largest absolute Gasteiger partial charge is 0.352 e.